The molecule has 0 aromatic carbocycles. The van der Waals surface area contributed by atoms with Gasteiger partial charge in [0, 0.05) is 5.75 Å². The highest BCUT2D eigenvalue weighted by molar-refractivity contribution is 8.00. The van der Waals surface area contributed by atoms with Gasteiger partial charge in [-0.2, -0.15) is 0 Å². The molecule has 0 saturated carbocycles. The molecule has 0 aliphatic carbocycles. The second-order valence-corrected chi connectivity index (χ2v) is 6.04. The van der Waals surface area contributed by atoms with Crippen LogP contribution in [0.2, 0.25) is 0 Å². The number of aliphatic carboxylic acids is 1. The first-order chi connectivity index (χ1) is 8.65. The molecule has 2 aliphatic heterocycles. The van der Waals surface area contributed by atoms with E-state index < -0.39 is 12.0 Å². The molecule has 6 heteroatoms. The van der Waals surface area contributed by atoms with Crippen molar-refractivity contribution in [2.45, 2.75) is 50.1 Å². The average molecular weight is 272 g/mol. The summed E-state index contributed by atoms with van der Waals surface area (Å²) >= 11 is 1.60. The van der Waals surface area contributed by atoms with Gasteiger partial charge in [0.2, 0.25) is 5.91 Å². The highest BCUT2D eigenvalue weighted by Crippen LogP contribution is 2.33. The number of nitrogens with one attached hydrogen (secondary N) is 1. The van der Waals surface area contributed by atoms with Gasteiger partial charge in [-0.3, -0.25) is 4.79 Å². The van der Waals surface area contributed by atoms with Crippen molar-refractivity contribution in [1.29, 1.82) is 0 Å². The van der Waals surface area contributed by atoms with Gasteiger partial charge >= 0.3 is 5.97 Å². The van der Waals surface area contributed by atoms with Crippen LogP contribution in [0.4, 0.5) is 0 Å². The first-order valence-corrected chi connectivity index (χ1v) is 7.60. The molecular formula is C12H20N2O3S. The van der Waals surface area contributed by atoms with Crippen molar-refractivity contribution in [3.05, 3.63) is 0 Å². The van der Waals surface area contributed by atoms with Gasteiger partial charge in [0.15, 0.2) is 0 Å². The molecule has 0 spiro atoms. The van der Waals surface area contributed by atoms with E-state index in [9.17, 15) is 14.7 Å². The fraction of sp³-hybridized carbons (Fsp3) is 0.833. The number of carbonyl (C=O) groups excluding carboxylic acids is 1. The first kappa shape index (κ1) is 13.7. The van der Waals surface area contributed by atoms with Crippen molar-refractivity contribution in [3.63, 3.8) is 0 Å². The Morgan fingerprint density at radius 1 is 1.50 bits per heavy atom. The highest BCUT2D eigenvalue weighted by Gasteiger charge is 2.43. The zero-order valence-corrected chi connectivity index (χ0v) is 11.4. The molecule has 18 heavy (non-hydrogen) atoms. The number of amides is 1. The number of hydrogen-bond donors (Lipinski definition) is 2. The molecular weight excluding hydrogens is 252 g/mol. The summed E-state index contributed by atoms with van der Waals surface area (Å²) in [6, 6.07) is -0.827. The summed E-state index contributed by atoms with van der Waals surface area (Å²) in [5.74, 6) is -0.394. The predicted octanol–water partition coefficient (Wildman–Crippen LogP) is 0.893. The molecule has 0 aromatic heterocycles. The number of thioether (sulfide) groups is 1. The number of hydrogen-bond acceptors (Lipinski definition) is 4. The van der Waals surface area contributed by atoms with Crippen LogP contribution in [0.15, 0.2) is 0 Å². The normalized spacial score (nSPS) is 31.8. The lowest BCUT2D eigenvalue weighted by Gasteiger charge is -2.29. The molecule has 0 bridgehead atoms. The number of rotatable bonds is 4. The topological polar surface area (TPSA) is 69.6 Å². The maximum Gasteiger partial charge on any atom is 0.327 e. The van der Waals surface area contributed by atoms with Crippen LogP contribution in [-0.2, 0) is 9.59 Å². The third kappa shape index (κ3) is 2.64. The lowest BCUT2D eigenvalue weighted by molar-refractivity contribution is -0.149. The lowest BCUT2D eigenvalue weighted by atomic mass is 10.1. The van der Waals surface area contributed by atoms with Crippen LogP contribution in [0.3, 0.4) is 0 Å². The number of carboxylic acid groups (broad SMARTS) is 1. The molecule has 102 valence electrons. The van der Waals surface area contributed by atoms with Crippen LogP contribution in [0, 0.1) is 0 Å². The smallest absolute Gasteiger partial charge is 0.327 e. The number of nitrogens with zero attached hydrogens (tertiary/aromatic N) is 1. The van der Waals surface area contributed by atoms with Gasteiger partial charge in [-0.25, -0.2) is 4.79 Å². The molecule has 3 atom stereocenters. The molecule has 0 aromatic rings. The van der Waals surface area contributed by atoms with Gasteiger partial charge in [0.25, 0.3) is 0 Å². The van der Waals surface area contributed by atoms with Crippen molar-refractivity contribution < 1.29 is 14.7 Å². The largest absolute Gasteiger partial charge is 0.480 e. The second-order valence-electron chi connectivity index (χ2n) is 4.83. The van der Waals surface area contributed by atoms with E-state index in [1.54, 1.807) is 16.7 Å². The highest BCUT2D eigenvalue weighted by atomic mass is 32.2. The molecule has 2 aliphatic rings. The van der Waals surface area contributed by atoms with Gasteiger partial charge in [-0.15, -0.1) is 11.8 Å². The number of carboxylic acids is 1. The van der Waals surface area contributed by atoms with Crippen LogP contribution >= 0.6 is 11.8 Å². The van der Waals surface area contributed by atoms with E-state index >= 15 is 0 Å². The minimum atomic E-state index is -0.882. The van der Waals surface area contributed by atoms with Crippen LogP contribution in [-0.4, -0.2) is 51.6 Å². The van der Waals surface area contributed by atoms with E-state index in [-0.39, 0.29) is 17.3 Å². The Hall–Kier alpha value is -0.750. The van der Waals surface area contributed by atoms with E-state index in [0.717, 1.165) is 32.2 Å². The monoisotopic (exact) mass is 272 g/mol. The fourth-order valence-electron chi connectivity index (χ4n) is 2.59. The van der Waals surface area contributed by atoms with Gasteiger partial charge in [-0.1, -0.05) is 13.3 Å². The van der Waals surface area contributed by atoms with E-state index in [2.05, 4.69) is 12.2 Å². The molecule has 5 nitrogen and oxygen atoms in total. The maximum absolute atomic E-state index is 12.4. The van der Waals surface area contributed by atoms with Crippen molar-refractivity contribution in [3.8, 4) is 0 Å². The minimum Gasteiger partial charge on any atom is -0.480 e. The summed E-state index contributed by atoms with van der Waals surface area (Å²) < 4.78 is 0. The van der Waals surface area contributed by atoms with Crippen LogP contribution < -0.4 is 5.32 Å². The Labute approximate surface area is 111 Å². The Kier molecular flexibility index (Phi) is 4.50. The standard InChI is InChI=1S/C12H20N2O3S/c1-2-4-10-14(9(7-18-10)12(16)17)11(15)8-5-3-6-13-8/h8-10,13H,2-7H2,1H3,(H,16,17)/t8-,9?,10?/m1/s1. The Morgan fingerprint density at radius 3 is 2.83 bits per heavy atom. The SMILES string of the molecule is CCCC1SCC(C(=O)O)N1C(=O)[C@H]1CCCN1. The quantitative estimate of drug-likeness (QED) is 0.795. The molecule has 2 unspecified atom stereocenters. The van der Waals surface area contributed by atoms with Gasteiger partial charge in [0.1, 0.15) is 6.04 Å². The predicted molar refractivity (Wildman–Crippen MR) is 70.4 cm³/mol. The van der Waals surface area contributed by atoms with E-state index in [4.69, 9.17) is 0 Å². The minimum absolute atomic E-state index is 0.0247. The fourth-order valence-corrected chi connectivity index (χ4v) is 4.12. The molecule has 0 radical (unpaired) electrons. The average Bonchev–Trinajstić information content (AvgIpc) is 2.97. The Balaban J connectivity index is 2.11. The van der Waals surface area contributed by atoms with Crippen molar-refractivity contribution in [1.82, 2.24) is 10.2 Å². The van der Waals surface area contributed by atoms with Crippen molar-refractivity contribution in [2.24, 2.45) is 0 Å². The third-order valence-electron chi connectivity index (χ3n) is 3.53. The second kappa shape index (κ2) is 5.93. The van der Waals surface area contributed by atoms with Crippen molar-refractivity contribution >= 4 is 23.6 Å². The van der Waals surface area contributed by atoms with Gasteiger partial charge < -0.3 is 15.3 Å². The van der Waals surface area contributed by atoms with Crippen molar-refractivity contribution in [2.75, 3.05) is 12.3 Å². The molecule has 2 heterocycles. The third-order valence-corrected chi connectivity index (χ3v) is 4.88. The molecule has 2 saturated heterocycles. The van der Waals surface area contributed by atoms with Crippen LogP contribution in [0.1, 0.15) is 32.6 Å². The molecule has 2 rings (SSSR count). The Morgan fingerprint density at radius 2 is 2.28 bits per heavy atom. The zero-order chi connectivity index (χ0) is 13.1. The van der Waals surface area contributed by atoms with E-state index in [1.165, 1.54) is 0 Å². The van der Waals surface area contributed by atoms with E-state index in [0.29, 0.717) is 5.75 Å². The Bertz CT molecular complexity index is 331. The summed E-state index contributed by atoms with van der Waals surface area (Å²) in [5.41, 5.74) is 0. The lowest BCUT2D eigenvalue weighted by Crippen LogP contribution is -2.51. The molecule has 1 amide bonds. The van der Waals surface area contributed by atoms with Crippen LogP contribution in [0.5, 0.6) is 0 Å². The van der Waals surface area contributed by atoms with Gasteiger partial charge in [0.05, 0.1) is 11.4 Å². The van der Waals surface area contributed by atoms with Gasteiger partial charge in [-0.05, 0) is 25.8 Å². The van der Waals surface area contributed by atoms with Crippen LogP contribution in [0.25, 0.3) is 0 Å². The number of carbonyl (C=O) groups is 2. The first-order valence-electron chi connectivity index (χ1n) is 6.55. The molecule has 2 N–H and O–H groups in total. The van der Waals surface area contributed by atoms with E-state index in [1.807, 2.05) is 0 Å². The summed E-state index contributed by atoms with van der Waals surface area (Å²) in [7, 11) is 0. The molecule has 2 fully saturated rings. The summed E-state index contributed by atoms with van der Waals surface area (Å²) in [4.78, 5) is 25.3. The zero-order valence-electron chi connectivity index (χ0n) is 10.6. The maximum atomic E-state index is 12.4. The summed E-state index contributed by atoms with van der Waals surface area (Å²) in [6.45, 7) is 2.92. The summed E-state index contributed by atoms with van der Waals surface area (Å²) in [5, 5.41) is 12.4. The summed E-state index contributed by atoms with van der Waals surface area (Å²) in [6.07, 6.45) is 3.65.